The van der Waals surface area contributed by atoms with E-state index in [9.17, 15) is 4.39 Å². The van der Waals surface area contributed by atoms with Gasteiger partial charge in [0.1, 0.15) is 5.82 Å². The molecule has 2 nitrogen and oxygen atoms in total. The standard InChI is InChI=1S/C12H18BrFN2/c1-8(2)12(3,7-15)16-9-4-5-11(14)10(13)6-9/h4-6,8,16H,7,15H2,1-3H3. The van der Waals surface area contributed by atoms with Crippen LogP contribution >= 0.6 is 15.9 Å². The third-order valence-electron chi connectivity index (χ3n) is 3.05. The van der Waals surface area contributed by atoms with E-state index in [1.54, 1.807) is 12.1 Å². The van der Waals surface area contributed by atoms with Crippen molar-refractivity contribution in [2.24, 2.45) is 11.7 Å². The Bertz CT molecular complexity index is 368. The van der Waals surface area contributed by atoms with Gasteiger partial charge >= 0.3 is 0 Å². The molecular weight excluding hydrogens is 271 g/mol. The minimum Gasteiger partial charge on any atom is -0.378 e. The van der Waals surface area contributed by atoms with Gasteiger partial charge in [-0.2, -0.15) is 0 Å². The highest BCUT2D eigenvalue weighted by Gasteiger charge is 2.26. The molecule has 0 aliphatic rings. The van der Waals surface area contributed by atoms with E-state index in [4.69, 9.17) is 5.73 Å². The lowest BCUT2D eigenvalue weighted by atomic mass is 9.88. The van der Waals surface area contributed by atoms with E-state index in [-0.39, 0.29) is 11.4 Å². The average molecular weight is 289 g/mol. The molecule has 0 bridgehead atoms. The summed E-state index contributed by atoms with van der Waals surface area (Å²) in [5, 5.41) is 3.35. The van der Waals surface area contributed by atoms with Gasteiger partial charge in [0, 0.05) is 17.8 Å². The molecule has 0 aliphatic heterocycles. The first kappa shape index (κ1) is 13.5. The summed E-state index contributed by atoms with van der Waals surface area (Å²) < 4.78 is 13.5. The Morgan fingerprint density at radius 3 is 2.56 bits per heavy atom. The number of benzene rings is 1. The maximum Gasteiger partial charge on any atom is 0.137 e. The molecule has 0 saturated carbocycles. The van der Waals surface area contributed by atoms with Gasteiger partial charge in [-0.1, -0.05) is 13.8 Å². The van der Waals surface area contributed by atoms with Gasteiger partial charge in [0.05, 0.1) is 4.47 Å². The van der Waals surface area contributed by atoms with E-state index in [2.05, 4.69) is 42.0 Å². The van der Waals surface area contributed by atoms with Crippen molar-refractivity contribution in [1.29, 1.82) is 0 Å². The summed E-state index contributed by atoms with van der Waals surface area (Å²) in [5.41, 5.74) is 6.46. The number of anilines is 1. The molecule has 0 heterocycles. The van der Waals surface area contributed by atoms with Crippen LogP contribution in [0.4, 0.5) is 10.1 Å². The summed E-state index contributed by atoms with van der Waals surface area (Å²) in [6.07, 6.45) is 0. The van der Waals surface area contributed by atoms with Crippen LogP contribution < -0.4 is 11.1 Å². The molecule has 3 N–H and O–H groups in total. The molecule has 4 heteroatoms. The fraction of sp³-hybridized carbons (Fsp3) is 0.500. The third kappa shape index (κ3) is 2.95. The van der Waals surface area contributed by atoms with E-state index in [0.29, 0.717) is 16.9 Å². The van der Waals surface area contributed by atoms with E-state index in [0.717, 1.165) is 5.69 Å². The van der Waals surface area contributed by atoms with Crippen molar-refractivity contribution in [1.82, 2.24) is 0 Å². The van der Waals surface area contributed by atoms with E-state index < -0.39 is 0 Å². The second-order valence-corrected chi connectivity index (χ2v) is 5.38. The molecule has 0 aromatic heterocycles. The first-order chi connectivity index (χ1) is 7.39. The van der Waals surface area contributed by atoms with Gasteiger partial charge in [0.2, 0.25) is 0 Å². The number of rotatable bonds is 4. The molecule has 0 amide bonds. The molecule has 1 aromatic carbocycles. The van der Waals surface area contributed by atoms with Crippen LogP contribution in [0.3, 0.4) is 0 Å². The largest absolute Gasteiger partial charge is 0.378 e. The van der Waals surface area contributed by atoms with E-state index in [1.165, 1.54) is 6.07 Å². The molecule has 0 aliphatic carbocycles. The van der Waals surface area contributed by atoms with Crippen molar-refractivity contribution < 1.29 is 4.39 Å². The van der Waals surface area contributed by atoms with Crippen molar-refractivity contribution in [2.45, 2.75) is 26.3 Å². The molecule has 1 rings (SSSR count). The van der Waals surface area contributed by atoms with Crippen LogP contribution in [-0.4, -0.2) is 12.1 Å². The predicted octanol–water partition coefficient (Wildman–Crippen LogP) is 3.37. The van der Waals surface area contributed by atoms with Crippen molar-refractivity contribution >= 4 is 21.6 Å². The quantitative estimate of drug-likeness (QED) is 0.891. The third-order valence-corrected chi connectivity index (χ3v) is 3.66. The SMILES string of the molecule is CC(C)C(C)(CN)Nc1ccc(F)c(Br)c1. The predicted molar refractivity (Wildman–Crippen MR) is 70.0 cm³/mol. The summed E-state index contributed by atoms with van der Waals surface area (Å²) in [6.45, 7) is 6.81. The Balaban J connectivity index is 2.90. The minimum atomic E-state index is -0.260. The summed E-state index contributed by atoms with van der Waals surface area (Å²) in [4.78, 5) is 0. The van der Waals surface area contributed by atoms with Gasteiger partial charge in [-0.15, -0.1) is 0 Å². The zero-order chi connectivity index (χ0) is 12.3. The normalized spacial score (nSPS) is 14.9. The molecule has 1 unspecified atom stereocenters. The maximum absolute atomic E-state index is 13.1. The fourth-order valence-corrected chi connectivity index (χ4v) is 1.71. The van der Waals surface area contributed by atoms with Crippen molar-refractivity contribution in [3.8, 4) is 0 Å². The number of nitrogens with one attached hydrogen (secondary N) is 1. The average Bonchev–Trinajstić information content (AvgIpc) is 2.23. The van der Waals surface area contributed by atoms with Gasteiger partial charge in [-0.25, -0.2) is 4.39 Å². The molecular formula is C12H18BrFN2. The number of hydrogen-bond donors (Lipinski definition) is 2. The highest BCUT2D eigenvalue weighted by atomic mass is 79.9. The topological polar surface area (TPSA) is 38.0 Å². The molecule has 0 saturated heterocycles. The lowest BCUT2D eigenvalue weighted by molar-refractivity contribution is 0.382. The second-order valence-electron chi connectivity index (χ2n) is 4.53. The van der Waals surface area contributed by atoms with Crippen molar-refractivity contribution in [2.75, 3.05) is 11.9 Å². The maximum atomic E-state index is 13.1. The molecule has 1 atom stereocenters. The van der Waals surface area contributed by atoms with Crippen LogP contribution in [0, 0.1) is 11.7 Å². The summed E-state index contributed by atoms with van der Waals surface area (Å²) in [5.74, 6) is 0.130. The Hall–Kier alpha value is -0.610. The Labute approximate surface area is 105 Å². The van der Waals surface area contributed by atoms with Crippen LogP contribution in [-0.2, 0) is 0 Å². The lowest BCUT2D eigenvalue weighted by Crippen LogP contribution is -2.47. The summed E-state index contributed by atoms with van der Waals surface area (Å²) >= 11 is 3.17. The molecule has 1 aromatic rings. The molecule has 0 fully saturated rings. The van der Waals surface area contributed by atoms with Crippen LogP contribution in [0.2, 0.25) is 0 Å². The van der Waals surface area contributed by atoms with Crippen LogP contribution in [0.1, 0.15) is 20.8 Å². The molecule has 16 heavy (non-hydrogen) atoms. The first-order valence-electron chi connectivity index (χ1n) is 5.32. The van der Waals surface area contributed by atoms with Gasteiger partial charge in [0.15, 0.2) is 0 Å². The number of hydrogen-bond acceptors (Lipinski definition) is 2. The van der Waals surface area contributed by atoms with E-state index in [1.807, 2.05) is 0 Å². The van der Waals surface area contributed by atoms with Crippen molar-refractivity contribution in [3.05, 3.63) is 28.5 Å². The fourth-order valence-electron chi connectivity index (χ4n) is 1.33. The van der Waals surface area contributed by atoms with Gasteiger partial charge in [-0.3, -0.25) is 0 Å². The van der Waals surface area contributed by atoms with Gasteiger partial charge < -0.3 is 11.1 Å². The van der Waals surface area contributed by atoms with E-state index >= 15 is 0 Å². The Kier molecular flexibility index (Phi) is 4.33. The smallest absolute Gasteiger partial charge is 0.137 e. The zero-order valence-electron chi connectivity index (χ0n) is 9.85. The molecule has 0 spiro atoms. The first-order valence-corrected chi connectivity index (χ1v) is 6.11. The zero-order valence-corrected chi connectivity index (χ0v) is 11.4. The van der Waals surface area contributed by atoms with Crippen LogP contribution in [0.25, 0.3) is 0 Å². The minimum absolute atomic E-state index is 0.183. The molecule has 0 radical (unpaired) electrons. The van der Waals surface area contributed by atoms with Gasteiger partial charge in [-0.05, 0) is 47.0 Å². The van der Waals surface area contributed by atoms with Crippen LogP contribution in [0.15, 0.2) is 22.7 Å². The van der Waals surface area contributed by atoms with Gasteiger partial charge in [0.25, 0.3) is 0 Å². The summed E-state index contributed by atoms with van der Waals surface area (Å²) in [7, 11) is 0. The van der Waals surface area contributed by atoms with Crippen molar-refractivity contribution in [3.63, 3.8) is 0 Å². The Morgan fingerprint density at radius 2 is 2.12 bits per heavy atom. The molecule has 90 valence electrons. The Morgan fingerprint density at radius 1 is 1.50 bits per heavy atom. The monoisotopic (exact) mass is 288 g/mol. The van der Waals surface area contributed by atoms with Crippen LogP contribution in [0.5, 0.6) is 0 Å². The highest BCUT2D eigenvalue weighted by molar-refractivity contribution is 9.10. The number of nitrogens with two attached hydrogens (primary N) is 1. The lowest BCUT2D eigenvalue weighted by Gasteiger charge is -2.34. The number of halogens is 2. The highest BCUT2D eigenvalue weighted by Crippen LogP contribution is 2.25. The summed E-state index contributed by atoms with van der Waals surface area (Å²) in [6, 6.07) is 4.88. The second kappa shape index (κ2) is 5.15.